The fourth-order valence-electron chi connectivity index (χ4n) is 1.95. The molecule has 0 amide bonds. The molecule has 3 rings (SSSR count). The standard InChI is InChI=1S/C15H13N3O3/c1-20-15(19)12-7-8-13-14(9-12)18(17-16-13)21-10-11-5-3-2-4-6-11/h2-9H,10H2,1H3. The molecule has 106 valence electrons. The molecule has 2 aromatic carbocycles. The molecule has 21 heavy (non-hydrogen) atoms. The highest BCUT2D eigenvalue weighted by molar-refractivity contribution is 5.93. The number of fused-ring (bicyclic) bond motifs is 1. The maximum Gasteiger partial charge on any atom is 0.337 e. The number of aromatic nitrogens is 3. The molecule has 0 aliphatic rings. The molecule has 0 saturated carbocycles. The average molecular weight is 283 g/mol. The number of carbonyl (C=O) groups is 1. The van der Waals surface area contributed by atoms with Gasteiger partial charge in [-0.05, 0) is 29.0 Å². The van der Waals surface area contributed by atoms with Gasteiger partial charge in [0.1, 0.15) is 17.6 Å². The van der Waals surface area contributed by atoms with Crippen molar-refractivity contribution >= 4 is 17.0 Å². The molecule has 0 spiro atoms. The van der Waals surface area contributed by atoms with E-state index in [4.69, 9.17) is 9.57 Å². The molecule has 1 aromatic heterocycles. The number of ether oxygens (including phenoxy) is 1. The number of esters is 1. The average Bonchev–Trinajstić information content (AvgIpc) is 2.95. The SMILES string of the molecule is COC(=O)c1ccc2nnn(OCc3ccccc3)c2c1. The maximum absolute atomic E-state index is 11.6. The Kier molecular flexibility index (Phi) is 3.51. The summed E-state index contributed by atoms with van der Waals surface area (Å²) in [6, 6.07) is 14.7. The van der Waals surface area contributed by atoms with E-state index < -0.39 is 5.97 Å². The van der Waals surface area contributed by atoms with Crippen molar-refractivity contribution in [2.24, 2.45) is 0 Å². The zero-order valence-electron chi connectivity index (χ0n) is 11.4. The van der Waals surface area contributed by atoms with Crippen molar-refractivity contribution < 1.29 is 14.4 Å². The largest absolute Gasteiger partial charge is 0.465 e. The summed E-state index contributed by atoms with van der Waals surface area (Å²) in [5, 5.41) is 7.92. The van der Waals surface area contributed by atoms with Crippen LogP contribution >= 0.6 is 0 Å². The summed E-state index contributed by atoms with van der Waals surface area (Å²) in [6.07, 6.45) is 0. The predicted molar refractivity (Wildman–Crippen MR) is 75.6 cm³/mol. The quantitative estimate of drug-likeness (QED) is 0.684. The molecule has 0 radical (unpaired) electrons. The van der Waals surface area contributed by atoms with Gasteiger partial charge in [-0.2, -0.15) is 0 Å². The van der Waals surface area contributed by atoms with Gasteiger partial charge in [0, 0.05) is 0 Å². The fraction of sp³-hybridized carbons (Fsp3) is 0.133. The molecule has 1 heterocycles. The minimum absolute atomic E-state index is 0.363. The molecule has 6 nitrogen and oxygen atoms in total. The zero-order chi connectivity index (χ0) is 14.7. The number of nitrogens with zero attached hydrogens (tertiary/aromatic N) is 3. The minimum Gasteiger partial charge on any atom is -0.465 e. The lowest BCUT2D eigenvalue weighted by Gasteiger charge is -2.05. The lowest BCUT2D eigenvalue weighted by Crippen LogP contribution is -2.13. The Balaban J connectivity index is 1.86. The van der Waals surface area contributed by atoms with E-state index in [0.29, 0.717) is 23.2 Å². The van der Waals surface area contributed by atoms with Crippen LogP contribution in [0.5, 0.6) is 0 Å². The first-order chi connectivity index (χ1) is 10.3. The van der Waals surface area contributed by atoms with Crippen molar-refractivity contribution in [1.29, 1.82) is 0 Å². The molecule has 0 aliphatic carbocycles. The van der Waals surface area contributed by atoms with E-state index in [1.54, 1.807) is 18.2 Å². The third-order valence-corrected chi connectivity index (χ3v) is 3.03. The van der Waals surface area contributed by atoms with Crippen LogP contribution in [0.25, 0.3) is 11.0 Å². The van der Waals surface area contributed by atoms with Crippen LogP contribution in [0, 0.1) is 0 Å². The van der Waals surface area contributed by atoms with E-state index in [0.717, 1.165) is 5.56 Å². The Hall–Kier alpha value is -2.89. The highest BCUT2D eigenvalue weighted by atomic mass is 16.7. The van der Waals surface area contributed by atoms with Crippen LogP contribution in [-0.2, 0) is 11.3 Å². The molecular weight excluding hydrogens is 270 g/mol. The summed E-state index contributed by atoms with van der Waals surface area (Å²) >= 11 is 0. The van der Waals surface area contributed by atoms with Crippen LogP contribution in [0.1, 0.15) is 15.9 Å². The number of hydrogen-bond donors (Lipinski definition) is 0. The fourth-order valence-corrected chi connectivity index (χ4v) is 1.95. The van der Waals surface area contributed by atoms with Crippen molar-refractivity contribution in [3.63, 3.8) is 0 Å². The molecule has 3 aromatic rings. The highest BCUT2D eigenvalue weighted by Gasteiger charge is 2.11. The van der Waals surface area contributed by atoms with Gasteiger partial charge in [-0.3, -0.25) is 0 Å². The Bertz CT molecular complexity index is 768. The molecule has 0 aliphatic heterocycles. The van der Waals surface area contributed by atoms with Gasteiger partial charge < -0.3 is 9.57 Å². The second kappa shape index (κ2) is 5.62. The van der Waals surface area contributed by atoms with Gasteiger partial charge >= 0.3 is 5.97 Å². The van der Waals surface area contributed by atoms with Crippen molar-refractivity contribution in [3.05, 3.63) is 59.7 Å². The van der Waals surface area contributed by atoms with Gasteiger partial charge in [-0.1, -0.05) is 35.2 Å². The van der Waals surface area contributed by atoms with E-state index in [1.807, 2.05) is 30.3 Å². The van der Waals surface area contributed by atoms with Gasteiger partial charge in [0.2, 0.25) is 0 Å². The van der Waals surface area contributed by atoms with Crippen molar-refractivity contribution in [2.45, 2.75) is 6.61 Å². The smallest absolute Gasteiger partial charge is 0.337 e. The van der Waals surface area contributed by atoms with Gasteiger partial charge in [0.05, 0.1) is 12.7 Å². The third-order valence-electron chi connectivity index (χ3n) is 3.03. The van der Waals surface area contributed by atoms with Crippen molar-refractivity contribution in [2.75, 3.05) is 7.11 Å². The number of rotatable bonds is 4. The summed E-state index contributed by atoms with van der Waals surface area (Å²) in [5.74, 6) is -0.410. The second-order valence-corrected chi connectivity index (χ2v) is 4.42. The van der Waals surface area contributed by atoms with Crippen LogP contribution < -0.4 is 4.84 Å². The topological polar surface area (TPSA) is 66.2 Å². The Morgan fingerprint density at radius 1 is 1.19 bits per heavy atom. The van der Waals surface area contributed by atoms with Crippen LogP contribution in [0.2, 0.25) is 0 Å². The monoisotopic (exact) mass is 283 g/mol. The van der Waals surface area contributed by atoms with Gasteiger partial charge in [-0.15, -0.1) is 5.10 Å². The molecule has 0 fully saturated rings. The number of carbonyl (C=O) groups excluding carboxylic acids is 1. The normalized spacial score (nSPS) is 10.5. The van der Waals surface area contributed by atoms with Crippen molar-refractivity contribution in [1.82, 2.24) is 15.2 Å². The summed E-state index contributed by atoms with van der Waals surface area (Å²) in [7, 11) is 1.34. The number of methoxy groups -OCH3 is 1. The first-order valence-corrected chi connectivity index (χ1v) is 6.39. The molecule has 0 saturated heterocycles. The number of hydrogen-bond acceptors (Lipinski definition) is 5. The van der Waals surface area contributed by atoms with Crippen LogP contribution in [0.3, 0.4) is 0 Å². The number of benzene rings is 2. The van der Waals surface area contributed by atoms with Gasteiger partial charge in [0.15, 0.2) is 0 Å². The zero-order valence-corrected chi connectivity index (χ0v) is 11.4. The first kappa shape index (κ1) is 13.1. The minimum atomic E-state index is -0.410. The predicted octanol–water partition coefficient (Wildman–Crippen LogP) is 1.85. The summed E-state index contributed by atoms with van der Waals surface area (Å²) in [4.78, 5) is 18.5. The molecule has 0 unspecified atom stereocenters. The lowest BCUT2D eigenvalue weighted by molar-refractivity contribution is 0.0600. The van der Waals surface area contributed by atoms with Crippen LogP contribution in [0.15, 0.2) is 48.5 Å². The second-order valence-electron chi connectivity index (χ2n) is 4.42. The van der Waals surface area contributed by atoms with Crippen molar-refractivity contribution in [3.8, 4) is 0 Å². The maximum atomic E-state index is 11.6. The Morgan fingerprint density at radius 3 is 2.76 bits per heavy atom. The molecular formula is C15H13N3O3. The summed E-state index contributed by atoms with van der Waals surface area (Å²) in [6.45, 7) is 0.363. The van der Waals surface area contributed by atoms with E-state index >= 15 is 0 Å². The Morgan fingerprint density at radius 2 is 2.00 bits per heavy atom. The summed E-state index contributed by atoms with van der Waals surface area (Å²) < 4.78 is 4.70. The lowest BCUT2D eigenvalue weighted by atomic mass is 10.2. The van der Waals surface area contributed by atoms with E-state index in [1.165, 1.54) is 12.0 Å². The van der Waals surface area contributed by atoms with E-state index in [-0.39, 0.29) is 0 Å². The first-order valence-electron chi connectivity index (χ1n) is 6.39. The molecule has 0 bridgehead atoms. The third kappa shape index (κ3) is 2.69. The Labute approximate surface area is 120 Å². The van der Waals surface area contributed by atoms with Crippen LogP contribution in [-0.4, -0.2) is 28.2 Å². The molecule has 6 heteroatoms. The van der Waals surface area contributed by atoms with Gasteiger partial charge in [0.25, 0.3) is 0 Å². The van der Waals surface area contributed by atoms with E-state index in [9.17, 15) is 4.79 Å². The van der Waals surface area contributed by atoms with Crippen LogP contribution in [0.4, 0.5) is 0 Å². The summed E-state index contributed by atoms with van der Waals surface area (Å²) in [5.41, 5.74) is 2.71. The van der Waals surface area contributed by atoms with Gasteiger partial charge in [-0.25, -0.2) is 4.79 Å². The van der Waals surface area contributed by atoms with E-state index in [2.05, 4.69) is 10.3 Å². The highest BCUT2D eigenvalue weighted by Crippen LogP contribution is 2.14. The molecule has 0 atom stereocenters. The molecule has 0 N–H and O–H groups in total.